The van der Waals surface area contributed by atoms with Gasteiger partial charge in [0.2, 0.25) is 5.91 Å². The molecule has 0 saturated heterocycles. The van der Waals surface area contributed by atoms with Gasteiger partial charge in [-0.25, -0.2) is 4.79 Å². The van der Waals surface area contributed by atoms with E-state index < -0.39 is 28.6 Å². The van der Waals surface area contributed by atoms with Gasteiger partial charge in [0.1, 0.15) is 0 Å². The van der Waals surface area contributed by atoms with Crippen molar-refractivity contribution in [2.24, 2.45) is 0 Å². The summed E-state index contributed by atoms with van der Waals surface area (Å²) in [5.74, 6) is 4.83. The molecule has 9 nitrogen and oxygen atoms in total. The number of nitrogens with zero attached hydrogens (tertiary/aromatic N) is 1. The van der Waals surface area contributed by atoms with Crippen LogP contribution in [0.4, 0.5) is 5.69 Å². The first-order valence-corrected chi connectivity index (χ1v) is 13.0. The molecule has 38 heavy (non-hydrogen) atoms. The van der Waals surface area contributed by atoms with E-state index in [2.05, 4.69) is 26.1 Å². The monoisotopic (exact) mass is 532 g/mol. The maximum Gasteiger partial charge on any atom is 0.333 e. The quantitative estimate of drug-likeness (QED) is 0.269. The molecular formula is C28H24N2O7S. The number of hydrogen-bond acceptors (Lipinski definition) is 7. The Bertz CT molecular complexity index is 1540. The van der Waals surface area contributed by atoms with Gasteiger partial charge in [-0.2, -0.15) is 8.42 Å². The second-order valence-corrected chi connectivity index (χ2v) is 9.84. The summed E-state index contributed by atoms with van der Waals surface area (Å²) in [5, 5.41) is 2.69. The number of esters is 1. The molecule has 194 valence electrons. The lowest BCUT2D eigenvalue weighted by molar-refractivity contribution is -0.142. The lowest BCUT2D eigenvalue weighted by Crippen LogP contribution is -2.35. The molecule has 1 N–H and O–H groups in total. The molecule has 2 amide bonds. The topological polar surface area (TPSA) is 119 Å². The molecule has 0 spiro atoms. The molecule has 3 aromatic carbocycles. The van der Waals surface area contributed by atoms with Gasteiger partial charge in [0.15, 0.2) is 6.61 Å². The molecule has 4 rings (SSSR count). The Kier molecular flexibility index (Phi) is 8.21. The zero-order valence-electron chi connectivity index (χ0n) is 20.5. The van der Waals surface area contributed by atoms with Gasteiger partial charge in [-0.15, -0.1) is 0 Å². The molecule has 0 atom stereocenters. The predicted molar refractivity (Wildman–Crippen MR) is 139 cm³/mol. The number of fused-ring (bicyclic) bond motifs is 2. The van der Waals surface area contributed by atoms with E-state index in [1.165, 1.54) is 24.3 Å². The zero-order valence-corrected chi connectivity index (χ0v) is 21.3. The second kappa shape index (κ2) is 11.7. The van der Waals surface area contributed by atoms with Crippen LogP contribution >= 0.6 is 0 Å². The number of amides is 2. The van der Waals surface area contributed by atoms with E-state index in [-0.39, 0.29) is 29.3 Å². The fourth-order valence-corrected chi connectivity index (χ4v) is 4.61. The Morgan fingerprint density at radius 2 is 1.58 bits per heavy atom. The fraction of sp³-hybridized carbons (Fsp3) is 0.179. The molecule has 0 aromatic heterocycles. The lowest BCUT2D eigenvalue weighted by Gasteiger charge is -2.26. The first-order valence-electron chi connectivity index (χ1n) is 11.6. The Morgan fingerprint density at radius 1 is 0.921 bits per heavy atom. The first kappa shape index (κ1) is 26.6. The van der Waals surface area contributed by atoms with Gasteiger partial charge in [0.25, 0.3) is 16.0 Å². The van der Waals surface area contributed by atoms with E-state index in [9.17, 15) is 22.8 Å². The molecule has 0 fully saturated rings. The summed E-state index contributed by atoms with van der Waals surface area (Å²) in [6, 6.07) is 20.1. The Labute approximate surface area is 220 Å². The number of nitrogens with one attached hydrogen (secondary N) is 1. The number of methoxy groups -OCH3 is 1. The highest BCUT2D eigenvalue weighted by molar-refractivity contribution is 7.86. The van der Waals surface area contributed by atoms with Crippen LogP contribution in [0.1, 0.15) is 33.5 Å². The normalized spacial score (nSPS) is 12.1. The highest BCUT2D eigenvalue weighted by Gasteiger charge is 2.22. The van der Waals surface area contributed by atoms with Crippen molar-refractivity contribution >= 4 is 33.6 Å². The van der Waals surface area contributed by atoms with Crippen LogP contribution in [-0.4, -0.2) is 46.5 Å². The highest BCUT2D eigenvalue weighted by Crippen LogP contribution is 2.25. The third kappa shape index (κ3) is 6.26. The zero-order chi connectivity index (χ0) is 27.1. The number of ether oxygens (including phenoxy) is 1. The molecule has 10 heteroatoms. The molecule has 0 radical (unpaired) electrons. The molecule has 1 aliphatic heterocycles. The number of carbonyl (C=O) groups is 3. The lowest BCUT2D eigenvalue weighted by atomic mass is 10.0. The van der Waals surface area contributed by atoms with E-state index >= 15 is 0 Å². The van der Waals surface area contributed by atoms with Crippen LogP contribution in [0.25, 0.3) is 0 Å². The van der Waals surface area contributed by atoms with Crippen LogP contribution in [0.5, 0.6) is 0 Å². The van der Waals surface area contributed by atoms with Gasteiger partial charge >= 0.3 is 5.97 Å². The number of anilines is 1. The highest BCUT2D eigenvalue weighted by atomic mass is 32.2. The minimum atomic E-state index is -4.19. The number of rotatable bonds is 8. The fourth-order valence-electron chi connectivity index (χ4n) is 3.75. The van der Waals surface area contributed by atoms with E-state index in [1.807, 2.05) is 48.5 Å². The summed E-state index contributed by atoms with van der Waals surface area (Å²) >= 11 is 0. The van der Waals surface area contributed by atoms with Crippen LogP contribution in [0, 0.1) is 11.8 Å². The Hall–Kier alpha value is -4.46. The molecule has 0 bridgehead atoms. The van der Waals surface area contributed by atoms with Crippen molar-refractivity contribution in [3.05, 3.63) is 95.1 Å². The number of hydrogen-bond donors (Lipinski definition) is 1. The average molecular weight is 533 g/mol. The Morgan fingerprint density at radius 3 is 2.32 bits per heavy atom. The number of carbonyl (C=O) groups excluding carboxylic acids is 3. The van der Waals surface area contributed by atoms with Crippen LogP contribution in [0.3, 0.4) is 0 Å². The molecule has 1 heterocycles. The van der Waals surface area contributed by atoms with Crippen LogP contribution < -0.4 is 10.2 Å². The van der Waals surface area contributed by atoms with Gasteiger partial charge in [-0.1, -0.05) is 42.2 Å². The van der Waals surface area contributed by atoms with Gasteiger partial charge in [0, 0.05) is 29.7 Å². The largest absolute Gasteiger partial charge is 0.467 e. The van der Waals surface area contributed by atoms with Crippen molar-refractivity contribution in [3.63, 3.8) is 0 Å². The van der Waals surface area contributed by atoms with Gasteiger partial charge < -0.3 is 15.0 Å². The van der Waals surface area contributed by atoms with Crippen LogP contribution in [0.2, 0.25) is 0 Å². The number of para-hydroxylation sites is 1. The van der Waals surface area contributed by atoms with E-state index in [0.717, 1.165) is 23.8 Å². The minimum absolute atomic E-state index is 0.0451. The molecule has 0 aliphatic carbocycles. The summed E-state index contributed by atoms with van der Waals surface area (Å²) in [6.07, 6.45) is 0.0451. The van der Waals surface area contributed by atoms with Gasteiger partial charge in [-0.3, -0.25) is 13.8 Å². The smallest absolute Gasteiger partial charge is 0.333 e. The van der Waals surface area contributed by atoms with Crippen molar-refractivity contribution in [1.82, 2.24) is 5.32 Å². The summed E-state index contributed by atoms with van der Waals surface area (Å²) in [6.45, 7) is -0.330. The first-order chi connectivity index (χ1) is 18.3. The maximum absolute atomic E-state index is 13.3. The summed E-state index contributed by atoms with van der Waals surface area (Å²) in [7, 11) is -3.08. The van der Waals surface area contributed by atoms with E-state index in [4.69, 9.17) is 0 Å². The third-order valence-electron chi connectivity index (χ3n) is 5.76. The van der Waals surface area contributed by atoms with Gasteiger partial charge in [-0.05, 0) is 48.0 Å². The van der Waals surface area contributed by atoms with Crippen molar-refractivity contribution < 1.29 is 31.7 Å². The number of benzene rings is 3. The molecule has 3 aromatic rings. The van der Waals surface area contributed by atoms with Crippen molar-refractivity contribution in [3.8, 4) is 11.8 Å². The molecule has 1 aliphatic rings. The molecular weight excluding hydrogens is 508 g/mol. The second-order valence-electron chi connectivity index (χ2n) is 8.23. The van der Waals surface area contributed by atoms with Crippen LogP contribution in [-0.2, 0) is 35.2 Å². The van der Waals surface area contributed by atoms with Crippen molar-refractivity contribution in [2.75, 3.05) is 25.2 Å². The summed E-state index contributed by atoms with van der Waals surface area (Å²) < 4.78 is 33.3. The average Bonchev–Trinajstić information content (AvgIpc) is 2.93. The summed E-state index contributed by atoms with van der Waals surface area (Å²) in [4.78, 5) is 38.4. The predicted octanol–water partition coefficient (Wildman–Crippen LogP) is 2.63. The minimum Gasteiger partial charge on any atom is -0.467 e. The summed E-state index contributed by atoms with van der Waals surface area (Å²) in [5.41, 5.74) is 3.43. The van der Waals surface area contributed by atoms with Crippen molar-refractivity contribution in [1.29, 1.82) is 0 Å². The van der Waals surface area contributed by atoms with Crippen LogP contribution in [0.15, 0.2) is 77.7 Å². The third-order valence-corrected chi connectivity index (χ3v) is 7.04. The molecule has 0 unspecified atom stereocenters. The van der Waals surface area contributed by atoms with Crippen molar-refractivity contribution in [2.45, 2.75) is 17.9 Å². The Balaban J connectivity index is 1.39. The van der Waals surface area contributed by atoms with E-state index in [0.29, 0.717) is 12.2 Å². The molecule has 0 saturated carbocycles. The SMILES string of the molecule is COC(=O)COS(=O)(=O)c1ccc(C(=O)NCCC(=O)N2Cc3ccccc3C#Cc3ccccc32)cc1. The standard InChI is InChI=1S/C28H24N2O7S/c1-36-27(32)19-37-38(34,35)24-14-12-22(13-15-24)28(33)29-17-16-26(31)30-18-23-8-3-2-6-20(23)10-11-21-7-4-5-9-25(21)30/h2-9,12-15H,16-19H2,1H3,(H,29,33). The van der Waals surface area contributed by atoms with Gasteiger partial charge in [0.05, 0.1) is 24.2 Å². The maximum atomic E-state index is 13.3. The van der Waals surface area contributed by atoms with E-state index in [1.54, 1.807) is 4.90 Å².